The second kappa shape index (κ2) is 5.82. The summed E-state index contributed by atoms with van der Waals surface area (Å²) >= 11 is 5.18. The molecule has 2 rings (SSSR count). The molecular weight excluding hydrogens is 286 g/mol. The summed E-state index contributed by atoms with van der Waals surface area (Å²) in [5, 5.41) is 3.04. The van der Waals surface area contributed by atoms with Crippen LogP contribution < -0.4 is 0 Å². The highest BCUT2D eigenvalue weighted by molar-refractivity contribution is 9.09. The number of nitrogens with zero attached hydrogens (tertiary/aromatic N) is 1. The molecule has 1 aliphatic heterocycles. The van der Waals surface area contributed by atoms with E-state index in [4.69, 9.17) is 0 Å². The van der Waals surface area contributed by atoms with Crippen LogP contribution in [-0.4, -0.2) is 29.2 Å². The number of rotatable bonds is 3. The van der Waals surface area contributed by atoms with E-state index in [1.54, 1.807) is 11.3 Å². The zero-order valence-corrected chi connectivity index (χ0v) is 11.6. The Hall–Kier alpha value is -0.350. The van der Waals surface area contributed by atoms with Crippen LogP contribution in [0.5, 0.6) is 0 Å². The third kappa shape index (κ3) is 3.08. The van der Waals surface area contributed by atoms with Crippen molar-refractivity contribution >= 4 is 33.2 Å². The van der Waals surface area contributed by atoms with Gasteiger partial charge in [0.2, 0.25) is 5.91 Å². The monoisotopic (exact) mass is 301 g/mol. The fourth-order valence-corrected chi connectivity index (χ4v) is 3.32. The maximum absolute atomic E-state index is 12.0. The van der Waals surface area contributed by atoms with E-state index < -0.39 is 0 Å². The quantitative estimate of drug-likeness (QED) is 0.786. The van der Waals surface area contributed by atoms with E-state index >= 15 is 0 Å². The minimum atomic E-state index is 0.285. The Bertz CT molecular complexity index is 339. The van der Waals surface area contributed by atoms with Crippen molar-refractivity contribution in [1.82, 2.24) is 4.90 Å². The first-order valence-electron chi connectivity index (χ1n) is 5.65. The molecule has 1 atom stereocenters. The molecule has 1 aromatic heterocycles. The van der Waals surface area contributed by atoms with Crippen molar-refractivity contribution < 1.29 is 4.79 Å². The molecule has 0 aliphatic carbocycles. The molecule has 0 aromatic carbocycles. The summed E-state index contributed by atoms with van der Waals surface area (Å²) in [4.78, 5) is 15.2. The van der Waals surface area contributed by atoms with Gasteiger partial charge in [0.25, 0.3) is 0 Å². The van der Waals surface area contributed by atoms with E-state index in [9.17, 15) is 4.79 Å². The van der Waals surface area contributed by atoms with Crippen LogP contribution in [0, 0.1) is 5.92 Å². The van der Waals surface area contributed by atoms with Crippen molar-refractivity contribution in [3.63, 3.8) is 0 Å². The first-order valence-corrected chi connectivity index (χ1v) is 7.66. The number of piperidine rings is 1. The number of thiophene rings is 1. The van der Waals surface area contributed by atoms with Gasteiger partial charge in [0.1, 0.15) is 0 Å². The third-order valence-corrected chi connectivity index (χ3v) is 4.79. The SMILES string of the molecule is O=C(Cc1cccs1)N1CCCC(CBr)C1. The maximum atomic E-state index is 12.0. The molecule has 0 N–H and O–H groups in total. The van der Waals surface area contributed by atoms with Crippen LogP contribution in [0.2, 0.25) is 0 Å². The number of amides is 1. The Morgan fingerprint density at radius 3 is 3.19 bits per heavy atom. The minimum Gasteiger partial charge on any atom is -0.342 e. The summed E-state index contributed by atoms with van der Waals surface area (Å²) in [6.45, 7) is 1.86. The standard InChI is InChI=1S/C12H16BrNOS/c13-8-10-3-1-5-14(9-10)12(15)7-11-4-2-6-16-11/h2,4,6,10H,1,3,5,7-9H2. The van der Waals surface area contributed by atoms with Gasteiger partial charge < -0.3 is 4.90 Å². The maximum Gasteiger partial charge on any atom is 0.227 e. The van der Waals surface area contributed by atoms with Gasteiger partial charge in [-0.1, -0.05) is 22.0 Å². The molecule has 1 unspecified atom stereocenters. The van der Waals surface area contributed by atoms with Crippen molar-refractivity contribution in [2.75, 3.05) is 18.4 Å². The molecule has 1 saturated heterocycles. The predicted octanol–water partition coefficient (Wildman–Crippen LogP) is 2.92. The molecule has 1 aliphatic rings. The normalized spacial score (nSPS) is 21.1. The van der Waals surface area contributed by atoms with Crippen LogP contribution in [-0.2, 0) is 11.2 Å². The highest BCUT2D eigenvalue weighted by Gasteiger charge is 2.22. The van der Waals surface area contributed by atoms with Gasteiger partial charge in [-0.05, 0) is 30.2 Å². The molecule has 16 heavy (non-hydrogen) atoms. The highest BCUT2D eigenvalue weighted by atomic mass is 79.9. The van der Waals surface area contributed by atoms with Gasteiger partial charge in [-0.15, -0.1) is 11.3 Å². The highest BCUT2D eigenvalue weighted by Crippen LogP contribution is 2.19. The van der Waals surface area contributed by atoms with E-state index in [1.165, 1.54) is 11.3 Å². The van der Waals surface area contributed by atoms with Gasteiger partial charge in [-0.2, -0.15) is 0 Å². The number of alkyl halides is 1. The van der Waals surface area contributed by atoms with Crippen LogP contribution >= 0.6 is 27.3 Å². The molecule has 4 heteroatoms. The summed E-state index contributed by atoms with van der Waals surface area (Å²) in [7, 11) is 0. The van der Waals surface area contributed by atoms with Gasteiger partial charge in [0, 0.05) is 23.3 Å². The van der Waals surface area contributed by atoms with Crippen molar-refractivity contribution in [1.29, 1.82) is 0 Å². The van der Waals surface area contributed by atoms with E-state index in [0.29, 0.717) is 12.3 Å². The molecule has 2 nitrogen and oxygen atoms in total. The van der Waals surface area contributed by atoms with Gasteiger partial charge in [-0.3, -0.25) is 4.79 Å². The first kappa shape index (κ1) is 12.1. The van der Waals surface area contributed by atoms with Crippen LogP contribution in [0.3, 0.4) is 0 Å². The van der Waals surface area contributed by atoms with Crippen LogP contribution in [0.15, 0.2) is 17.5 Å². The number of halogens is 1. The molecule has 0 spiro atoms. The summed E-state index contributed by atoms with van der Waals surface area (Å²) in [5.41, 5.74) is 0. The minimum absolute atomic E-state index is 0.285. The Morgan fingerprint density at radius 2 is 2.50 bits per heavy atom. The molecular formula is C12H16BrNOS. The van der Waals surface area contributed by atoms with E-state index in [-0.39, 0.29) is 5.91 Å². The van der Waals surface area contributed by atoms with Crippen molar-refractivity contribution in [2.24, 2.45) is 5.92 Å². The Morgan fingerprint density at radius 1 is 1.62 bits per heavy atom. The Balaban J connectivity index is 1.89. The van der Waals surface area contributed by atoms with Crippen molar-refractivity contribution in [3.8, 4) is 0 Å². The molecule has 1 fully saturated rings. The fourth-order valence-electron chi connectivity index (χ4n) is 2.09. The molecule has 0 saturated carbocycles. The average Bonchev–Trinajstić information content (AvgIpc) is 2.82. The second-order valence-corrected chi connectivity index (χ2v) is 5.94. The Labute approximate surface area is 109 Å². The summed E-state index contributed by atoms with van der Waals surface area (Å²) in [5.74, 6) is 0.925. The molecule has 1 aromatic rings. The number of hydrogen-bond donors (Lipinski definition) is 0. The van der Waals surface area contributed by atoms with Crippen molar-refractivity contribution in [2.45, 2.75) is 19.3 Å². The molecule has 1 amide bonds. The van der Waals surface area contributed by atoms with Crippen molar-refractivity contribution in [3.05, 3.63) is 22.4 Å². The van der Waals surface area contributed by atoms with Gasteiger partial charge >= 0.3 is 0 Å². The smallest absolute Gasteiger partial charge is 0.227 e. The lowest BCUT2D eigenvalue weighted by Gasteiger charge is -2.31. The lowest BCUT2D eigenvalue weighted by atomic mass is 10.00. The van der Waals surface area contributed by atoms with Gasteiger partial charge in [0.05, 0.1) is 6.42 Å². The zero-order valence-electron chi connectivity index (χ0n) is 9.19. The third-order valence-electron chi connectivity index (χ3n) is 3.00. The van der Waals surface area contributed by atoms with E-state index in [2.05, 4.69) is 15.9 Å². The predicted molar refractivity (Wildman–Crippen MR) is 71.1 cm³/mol. The molecule has 88 valence electrons. The average molecular weight is 302 g/mol. The number of carbonyl (C=O) groups excluding carboxylic acids is 1. The number of carbonyl (C=O) groups is 1. The van der Waals surface area contributed by atoms with Crippen LogP contribution in [0.4, 0.5) is 0 Å². The largest absolute Gasteiger partial charge is 0.342 e. The topological polar surface area (TPSA) is 20.3 Å². The summed E-state index contributed by atoms with van der Waals surface area (Å²) in [6, 6.07) is 4.04. The molecule has 0 radical (unpaired) electrons. The lowest BCUT2D eigenvalue weighted by Crippen LogP contribution is -2.41. The number of hydrogen-bond acceptors (Lipinski definition) is 2. The Kier molecular flexibility index (Phi) is 4.41. The second-order valence-electron chi connectivity index (χ2n) is 4.26. The summed E-state index contributed by atoms with van der Waals surface area (Å²) < 4.78 is 0. The lowest BCUT2D eigenvalue weighted by molar-refractivity contribution is -0.132. The van der Waals surface area contributed by atoms with Gasteiger partial charge in [-0.25, -0.2) is 0 Å². The van der Waals surface area contributed by atoms with Crippen LogP contribution in [0.25, 0.3) is 0 Å². The van der Waals surface area contributed by atoms with Crippen LogP contribution in [0.1, 0.15) is 17.7 Å². The van der Waals surface area contributed by atoms with E-state index in [0.717, 1.165) is 24.8 Å². The molecule has 0 bridgehead atoms. The number of likely N-dealkylation sites (tertiary alicyclic amines) is 1. The zero-order chi connectivity index (χ0) is 11.4. The molecule has 2 heterocycles. The summed E-state index contributed by atoms with van der Waals surface area (Å²) in [6.07, 6.45) is 2.97. The first-order chi connectivity index (χ1) is 7.79. The fraction of sp³-hybridized carbons (Fsp3) is 0.583. The van der Waals surface area contributed by atoms with E-state index in [1.807, 2.05) is 22.4 Å². The van der Waals surface area contributed by atoms with Gasteiger partial charge in [0.15, 0.2) is 0 Å².